The van der Waals surface area contributed by atoms with Crippen molar-refractivity contribution in [1.29, 1.82) is 0 Å². The molecule has 1 saturated heterocycles. The number of nitrogens with zero attached hydrogens (tertiary/aromatic N) is 6. The van der Waals surface area contributed by atoms with Gasteiger partial charge >= 0.3 is 6.03 Å². The molecule has 1 N–H and O–H groups in total. The SMILES string of the molecule is CSc1cccc(NC(=O)N2CCN(c3cc(-n4ccnc4)nc(C)n3)CC2)c1. The van der Waals surface area contributed by atoms with Gasteiger partial charge in [-0.25, -0.2) is 19.7 Å². The quantitative estimate of drug-likeness (QED) is 0.667. The molecule has 1 aromatic carbocycles. The predicted molar refractivity (Wildman–Crippen MR) is 115 cm³/mol. The largest absolute Gasteiger partial charge is 0.353 e. The summed E-state index contributed by atoms with van der Waals surface area (Å²) >= 11 is 1.66. The van der Waals surface area contributed by atoms with Crippen molar-refractivity contribution in [1.82, 2.24) is 24.4 Å². The average Bonchev–Trinajstić information content (AvgIpc) is 3.28. The van der Waals surface area contributed by atoms with E-state index in [0.717, 1.165) is 35.3 Å². The molecule has 1 fully saturated rings. The van der Waals surface area contributed by atoms with Crippen molar-refractivity contribution >= 4 is 29.3 Å². The molecule has 0 saturated carbocycles. The van der Waals surface area contributed by atoms with Crippen LogP contribution in [-0.4, -0.2) is 62.9 Å². The third kappa shape index (κ3) is 4.51. The van der Waals surface area contributed by atoms with Gasteiger partial charge < -0.3 is 15.1 Å². The van der Waals surface area contributed by atoms with Crippen LogP contribution in [0.3, 0.4) is 0 Å². The predicted octanol–water partition coefficient (Wildman–Crippen LogP) is 3.05. The maximum atomic E-state index is 12.6. The molecule has 4 rings (SSSR count). The highest BCUT2D eigenvalue weighted by Crippen LogP contribution is 2.20. The number of piperazine rings is 1. The number of aryl methyl sites for hydroxylation is 1. The molecule has 0 aliphatic carbocycles. The molecule has 150 valence electrons. The third-order valence-electron chi connectivity index (χ3n) is 4.79. The first-order valence-corrected chi connectivity index (χ1v) is 10.6. The Labute approximate surface area is 174 Å². The van der Waals surface area contributed by atoms with E-state index in [4.69, 9.17) is 0 Å². The average molecular weight is 410 g/mol. The van der Waals surface area contributed by atoms with Gasteiger partial charge in [0.05, 0.1) is 0 Å². The number of hydrogen-bond donors (Lipinski definition) is 1. The molecule has 0 bridgehead atoms. The first-order chi connectivity index (χ1) is 14.1. The first kappa shape index (κ1) is 19.3. The second-order valence-corrected chi connectivity index (χ2v) is 7.62. The normalized spacial score (nSPS) is 14.1. The van der Waals surface area contributed by atoms with Crippen LogP contribution in [-0.2, 0) is 0 Å². The van der Waals surface area contributed by atoms with Crippen molar-refractivity contribution in [3.05, 3.63) is 54.9 Å². The van der Waals surface area contributed by atoms with E-state index in [1.54, 1.807) is 24.3 Å². The Morgan fingerprint density at radius 1 is 1.10 bits per heavy atom. The van der Waals surface area contributed by atoms with E-state index in [1.807, 2.05) is 59.2 Å². The van der Waals surface area contributed by atoms with Crippen LogP contribution in [0.15, 0.2) is 53.9 Å². The summed E-state index contributed by atoms with van der Waals surface area (Å²) in [6.45, 7) is 4.60. The van der Waals surface area contributed by atoms with Gasteiger partial charge in [0.15, 0.2) is 0 Å². The fraction of sp³-hybridized carbons (Fsp3) is 0.300. The van der Waals surface area contributed by atoms with Crippen molar-refractivity contribution in [2.45, 2.75) is 11.8 Å². The summed E-state index contributed by atoms with van der Waals surface area (Å²) in [6.07, 6.45) is 7.33. The number of urea groups is 1. The Morgan fingerprint density at radius 2 is 1.90 bits per heavy atom. The Kier molecular flexibility index (Phi) is 5.66. The molecule has 1 aliphatic heterocycles. The maximum Gasteiger partial charge on any atom is 0.321 e. The summed E-state index contributed by atoms with van der Waals surface area (Å²) in [5.74, 6) is 2.37. The smallest absolute Gasteiger partial charge is 0.321 e. The second-order valence-electron chi connectivity index (χ2n) is 6.74. The van der Waals surface area contributed by atoms with E-state index in [-0.39, 0.29) is 6.03 Å². The van der Waals surface area contributed by atoms with E-state index >= 15 is 0 Å². The number of carbonyl (C=O) groups excluding carboxylic acids is 1. The minimum Gasteiger partial charge on any atom is -0.353 e. The fourth-order valence-corrected chi connectivity index (χ4v) is 3.73. The summed E-state index contributed by atoms with van der Waals surface area (Å²) in [5.41, 5.74) is 0.820. The number of nitrogens with one attached hydrogen (secondary N) is 1. The van der Waals surface area contributed by atoms with E-state index in [0.29, 0.717) is 18.9 Å². The topological polar surface area (TPSA) is 79.2 Å². The van der Waals surface area contributed by atoms with Gasteiger partial charge in [0, 0.05) is 55.2 Å². The number of carbonyl (C=O) groups is 1. The molecule has 2 amide bonds. The molecule has 0 spiro atoms. The highest BCUT2D eigenvalue weighted by atomic mass is 32.2. The van der Waals surface area contributed by atoms with Crippen molar-refractivity contribution < 1.29 is 4.79 Å². The molecular weight excluding hydrogens is 386 g/mol. The van der Waals surface area contributed by atoms with Gasteiger partial charge in [0.25, 0.3) is 0 Å². The summed E-state index contributed by atoms with van der Waals surface area (Å²) < 4.78 is 1.87. The van der Waals surface area contributed by atoms with Crippen LogP contribution in [0.2, 0.25) is 0 Å². The van der Waals surface area contributed by atoms with Crippen LogP contribution in [0.25, 0.3) is 5.82 Å². The highest BCUT2D eigenvalue weighted by molar-refractivity contribution is 7.98. The Morgan fingerprint density at radius 3 is 2.62 bits per heavy atom. The van der Waals surface area contributed by atoms with Crippen LogP contribution in [0.5, 0.6) is 0 Å². The van der Waals surface area contributed by atoms with Crippen molar-refractivity contribution in [3.8, 4) is 5.82 Å². The van der Waals surface area contributed by atoms with E-state index < -0.39 is 0 Å². The molecule has 3 aromatic rings. The molecule has 8 nitrogen and oxygen atoms in total. The highest BCUT2D eigenvalue weighted by Gasteiger charge is 2.22. The lowest BCUT2D eigenvalue weighted by Gasteiger charge is -2.35. The zero-order chi connectivity index (χ0) is 20.2. The molecule has 29 heavy (non-hydrogen) atoms. The monoisotopic (exact) mass is 409 g/mol. The summed E-state index contributed by atoms with van der Waals surface area (Å²) in [5, 5.41) is 3.00. The van der Waals surface area contributed by atoms with Gasteiger partial charge in [0.1, 0.15) is 23.8 Å². The minimum absolute atomic E-state index is 0.0686. The molecule has 2 aromatic heterocycles. The lowest BCUT2D eigenvalue weighted by Crippen LogP contribution is -2.50. The number of thioether (sulfide) groups is 1. The van der Waals surface area contributed by atoms with Gasteiger partial charge in [-0.2, -0.15) is 0 Å². The molecule has 0 atom stereocenters. The lowest BCUT2D eigenvalue weighted by molar-refractivity contribution is 0.208. The number of amides is 2. The fourth-order valence-electron chi connectivity index (χ4n) is 3.27. The van der Waals surface area contributed by atoms with Crippen LogP contribution in [0.1, 0.15) is 5.82 Å². The van der Waals surface area contributed by atoms with Gasteiger partial charge in [-0.3, -0.25) is 4.57 Å². The third-order valence-corrected chi connectivity index (χ3v) is 5.52. The Balaban J connectivity index is 1.40. The minimum atomic E-state index is -0.0686. The van der Waals surface area contributed by atoms with E-state index in [1.165, 1.54) is 0 Å². The molecule has 3 heterocycles. The Hall–Kier alpha value is -3.07. The molecule has 1 aliphatic rings. The summed E-state index contributed by atoms with van der Waals surface area (Å²) in [6, 6.07) is 9.77. The number of hydrogen-bond acceptors (Lipinski definition) is 6. The number of rotatable bonds is 4. The van der Waals surface area contributed by atoms with Gasteiger partial charge in [-0.15, -0.1) is 11.8 Å². The Bertz CT molecular complexity index is 984. The first-order valence-electron chi connectivity index (χ1n) is 9.41. The summed E-state index contributed by atoms with van der Waals surface area (Å²) in [4.78, 5) is 30.9. The van der Waals surface area contributed by atoms with Gasteiger partial charge in [-0.1, -0.05) is 6.07 Å². The van der Waals surface area contributed by atoms with Crippen LogP contribution in [0.4, 0.5) is 16.3 Å². The molecule has 0 unspecified atom stereocenters. The van der Waals surface area contributed by atoms with E-state index in [2.05, 4.69) is 25.2 Å². The van der Waals surface area contributed by atoms with Crippen LogP contribution < -0.4 is 10.2 Å². The maximum absolute atomic E-state index is 12.6. The summed E-state index contributed by atoms with van der Waals surface area (Å²) in [7, 11) is 0. The zero-order valence-corrected chi connectivity index (χ0v) is 17.3. The zero-order valence-electron chi connectivity index (χ0n) is 16.4. The number of anilines is 2. The number of imidazole rings is 1. The van der Waals surface area contributed by atoms with Crippen LogP contribution >= 0.6 is 11.8 Å². The number of aromatic nitrogens is 4. The molecular formula is C20H23N7OS. The lowest BCUT2D eigenvalue weighted by atomic mass is 10.3. The van der Waals surface area contributed by atoms with Crippen molar-refractivity contribution in [3.63, 3.8) is 0 Å². The standard InChI is InChI=1S/C20H23N7OS/c1-15-22-18(13-19(23-15)27-7-6-21-14-27)25-8-10-26(11-9-25)20(28)24-16-4-3-5-17(12-16)29-2/h3-7,12-14H,8-11H2,1-2H3,(H,24,28). The van der Waals surface area contributed by atoms with E-state index in [9.17, 15) is 4.79 Å². The van der Waals surface area contributed by atoms with Crippen LogP contribution in [0, 0.1) is 6.92 Å². The van der Waals surface area contributed by atoms with Gasteiger partial charge in [-0.05, 0) is 31.4 Å². The van der Waals surface area contributed by atoms with Crippen molar-refractivity contribution in [2.75, 3.05) is 42.7 Å². The molecule has 9 heteroatoms. The van der Waals surface area contributed by atoms with Gasteiger partial charge in [0.2, 0.25) is 0 Å². The second kappa shape index (κ2) is 8.52. The number of benzene rings is 1. The van der Waals surface area contributed by atoms with Crippen molar-refractivity contribution in [2.24, 2.45) is 0 Å². The molecule has 0 radical (unpaired) electrons.